The van der Waals surface area contributed by atoms with Gasteiger partial charge in [0.15, 0.2) is 0 Å². The zero-order valence-corrected chi connectivity index (χ0v) is 13.7. The van der Waals surface area contributed by atoms with Crippen LogP contribution in [0.5, 0.6) is 0 Å². The standard InChI is InChI=1S/C19H19N5O/c20-15-7-5-13(6-8-15)18(25)24-10-9-16(12-24)22-19-21-11-14-3-1-2-4-17(14)23-19/h1-8,11,16H,9-10,12,20H2,(H,21,22,23). The number of carbonyl (C=O) groups is 1. The molecule has 1 unspecified atom stereocenters. The Kier molecular flexibility index (Phi) is 3.93. The van der Waals surface area contributed by atoms with Gasteiger partial charge in [-0.1, -0.05) is 18.2 Å². The Morgan fingerprint density at radius 3 is 2.80 bits per heavy atom. The van der Waals surface area contributed by atoms with Crippen LogP contribution in [0.1, 0.15) is 16.8 Å². The van der Waals surface area contributed by atoms with Crippen LogP contribution in [0.25, 0.3) is 10.9 Å². The fourth-order valence-electron chi connectivity index (χ4n) is 3.10. The van der Waals surface area contributed by atoms with Crippen LogP contribution in [-0.4, -0.2) is 39.9 Å². The Hall–Kier alpha value is -3.15. The van der Waals surface area contributed by atoms with Gasteiger partial charge in [0, 0.05) is 42.0 Å². The largest absolute Gasteiger partial charge is 0.399 e. The summed E-state index contributed by atoms with van der Waals surface area (Å²) in [7, 11) is 0. The maximum atomic E-state index is 12.6. The monoisotopic (exact) mass is 333 g/mol. The van der Waals surface area contributed by atoms with E-state index in [-0.39, 0.29) is 11.9 Å². The fraction of sp³-hybridized carbons (Fsp3) is 0.211. The Morgan fingerprint density at radius 2 is 1.96 bits per heavy atom. The third-order valence-electron chi connectivity index (χ3n) is 4.46. The molecule has 3 N–H and O–H groups in total. The van der Waals surface area contributed by atoms with Crippen molar-refractivity contribution in [3.8, 4) is 0 Å². The summed E-state index contributed by atoms with van der Waals surface area (Å²) < 4.78 is 0. The van der Waals surface area contributed by atoms with Gasteiger partial charge in [-0.3, -0.25) is 4.79 Å². The van der Waals surface area contributed by atoms with Crippen LogP contribution in [0.2, 0.25) is 0 Å². The second-order valence-electron chi connectivity index (χ2n) is 6.26. The van der Waals surface area contributed by atoms with Gasteiger partial charge >= 0.3 is 0 Å². The summed E-state index contributed by atoms with van der Waals surface area (Å²) in [5.41, 5.74) is 7.91. The van der Waals surface area contributed by atoms with Gasteiger partial charge < -0.3 is 16.0 Å². The number of hydrogen-bond donors (Lipinski definition) is 2. The molecule has 4 rings (SSSR count). The zero-order chi connectivity index (χ0) is 17.2. The van der Waals surface area contributed by atoms with Crippen molar-refractivity contribution in [1.29, 1.82) is 0 Å². The average Bonchev–Trinajstić information content (AvgIpc) is 3.10. The lowest BCUT2D eigenvalue weighted by Gasteiger charge is -2.17. The number of nitrogens with one attached hydrogen (secondary N) is 1. The first-order chi connectivity index (χ1) is 12.2. The molecule has 1 aliphatic rings. The molecule has 2 aromatic carbocycles. The minimum atomic E-state index is 0.0312. The van der Waals surface area contributed by atoms with Gasteiger partial charge in [0.25, 0.3) is 5.91 Å². The number of hydrogen-bond acceptors (Lipinski definition) is 5. The normalized spacial score (nSPS) is 17.0. The first-order valence-corrected chi connectivity index (χ1v) is 8.32. The Morgan fingerprint density at radius 1 is 1.16 bits per heavy atom. The van der Waals surface area contributed by atoms with Gasteiger partial charge in [-0.25, -0.2) is 9.97 Å². The summed E-state index contributed by atoms with van der Waals surface area (Å²) >= 11 is 0. The van der Waals surface area contributed by atoms with E-state index in [9.17, 15) is 4.79 Å². The van der Waals surface area contributed by atoms with E-state index >= 15 is 0 Å². The maximum Gasteiger partial charge on any atom is 0.253 e. The molecule has 1 aromatic heterocycles. The number of rotatable bonds is 3. The van der Waals surface area contributed by atoms with Gasteiger partial charge in [0.05, 0.1) is 5.52 Å². The molecule has 6 heteroatoms. The zero-order valence-electron chi connectivity index (χ0n) is 13.7. The molecule has 1 saturated heterocycles. The minimum Gasteiger partial charge on any atom is -0.399 e. The molecule has 1 aliphatic heterocycles. The van der Waals surface area contributed by atoms with Gasteiger partial charge in [0.2, 0.25) is 5.95 Å². The fourth-order valence-corrected chi connectivity index (χ4v) is 3.10. The molecular formula is C19H19N5O. The highest BCUT2D eigenvalue weighted by Gasteiger charge is 2.27. The second kappa shape index (κ2) is 6.39. The molecule has 1 fully saturated rings. The van der Waals surface area contributed by atoms with E-state index in [0.29, 0.717) is 30.3 Å². The number of aromatic nitrogens is 2. The topological polar surface area (TPSA) is 84.1 Å². The number of carbonyl (C=O) groups excluding carboxylic acids is 1. The second-order valence-corrected chi connectivity index (χ2v) is 6.26. The van der Waals surface area contributed by atoms with E-state index < -0.39 is 0 Å². The molecule has 2 heterocycles. The molecule has 0 spiro atoms. The quantitative estimate of drug-likeness (QED) is 0.720. The lowest BCUT2D eigenvalue weighted by Crippen LogP contribution is -2.31. The molecule has 6 nitrogen and oxygen atoms in total. The highest BCUT2D eigenvalue weighted by atomic mass is 16.2. The molecule has 0 radical (unpaired) electrons. The van der Waals surface area contributed by atoms with Crippen molar-refractivity contribution in [2.75, 3.05) is 24.1 Å². The van der Waals surface area contributed by atoms with Crippen molar-refractivity contribution in [2.45, 2.75) is 12.5 Å². The van der Waals surface area contributed by atoms with Crippen LogP contribution >= 0.6 is 0 Å². The van der Waals surface area contributed by atoms with Crippen molar-refractivity contribution in [2.24, 2.45) is 0 Å². The average molecular weight is 333 g/mol. The van der Waals surface area contributed by atoms with Crippen LogP contribution in [-0.2, 0) is 0 Å². The van der Waals surface area contributed by atoms with Crippen molar-refractivity contribution >= 4 is 28.4 Å². The van der Waals surface area contributed by atoms with Crippen LogP contribution in [0.4, 0.5) is 11.6 Å². The number of anilines is 2. The van der Waals surface area contributed by atoms with E-state index in [4.69, 9.17) is 5.73 Å². The van der Waals surface area contributed by atoms with Crippen LogP contribution < -0.4 is 11.1 Å². The first kappa shape index (κ1) is 15.4. The Bertz CT molecular complexity index is 909. The number of nitrogens with zero attached hydrogens (tertiary/aromatic N) is 3. The van der Waals surface area contributed by atoms with E-state index in [0.717, 1.165) is 17.3 Å². The third-order valence-corrected chi connectivity index (χ3v) is 4.46. The van der Waals surface area contributed by atoms with E-state index in [1.54, 1.807) is 24.3 Å². The maximum absolute atomic E-state index is 12.6. The molecule has 0 aliphatic carbocycles. The van der Waals surface area contributed by atoms with E-state index in [1.165, 1.54) is 0 Å². The molecule has 126 valence electrons. The molecule has 3 aromatic rings. The van der Waals surface area contributed by atoms with Crippen LogP contribution in [0, 0.1) is 0 Å². The molecule has 25 heavy (non-hydrogen) atoms. The number of nitrogens with two attached hydrogens (primary N) is 1. The Balaban J connectivity index is 1.43. The summed E-state index contributed by atoms with van der Waals surface area (Å²) in [5.74, 6) is 0.634. The van der Waals surface area contributed by atoms with Gasteiger partial charge in [-0.2, -0.15) is 0 Å². The summed E-state index contributed by atoms with van der Waals surface area (Å²) in [6.45, 7) is 1.36. The molecule has 0 saturated carbocycles. The van der Waals surface area contributed by atoms with Gasteiger partial charge in [-0.15, -0.1) is 0 Å². The predicted molar refractivity (Wildman–Crippen MR) is 98.3 cm³/mol. The summed E-state index contributed by atoms with van der Waals surface area (Å²) in [5, 5.41) is 4.36. The first-order valence-electron chi connectivity index (χ1n) is 8.32. The predicted octanol–water partition coefficient (Wildman–Crippen LogP) is 2.54. The van der Waals surface area contributed by atoms with Crippen molar-refractivity contribution in [3.63, 3.8) is 0 Å². The van der Waals surface area contributed by atoms with E-state index in [2.05, 4.69) is 15.3 Å². The van der Waals surface area contributed by atoms with Crippen molar-refractivity contribution in [3.05, 3.63) is 60.3 Å². The van der Waals surface area contributed by atoms with Gasteiger partial charge in [-0.05, 0) is 36.8 Å². The number of likely N-dealkylation sites (tertiary alicyclic amines) is 1. The lowest BCUT2D eigenvalue weighted by molar-refractivity contribution is 0.0791. The smallest absolute Gasteiger partial charge is 0.253 e. The number of amides is 1. The summed E-state index contributed by atoms with van der Waals surface area (Å²) in [6.07, 6.45) is 2.69. The summed E-state index contributed by atoms with van der Waals surface area (Å²) in [6, 6.07) is 15.1. The third kappa shape index (κ3) is 3.24. The highest BCUT2D eigenvalue weighted by molar-refractivity contribution is 5.94. The molecular weight excluding hydrogens is 314 g/mol. The van der Waals surface area contributed by atoms with Crippen molar-refractivity contribution < 1.29 is 4.79 Å². The number of nitrogen functional groups attached to an aromatic ring is 1. The number of para-hydroxylation sites is 1. The highest BCUT2D eigenvalue weighted by Crippen LogP contribution is 2.18. The molecule has 0 bridgehead atoms. The van der Waals surface area contributed by atoms with Gasteiger partial charge in [0.1, 0.15) is 0 Å². The molecule has 1 amide bonds. The lowest BCUT2D eigenvalue weighted by atomic mass is 10.2. The number of fused-ring (bicyclic) bond motifs is 1. The van der Waals surface area contributed by atoms with Crippen LogP contribution in [0.15, 0.2) is 54.7 Å². The van der Waals surface area contributed by atoms with Crippen molar-refractivity contribution in [1.82, 2.24) is 14.9 Å². The van der Waals surface area contributed by atoms with E-state index in [1.807, 2.05) is 35.4 Å². The molecule has 1 atom stereocenters. The van der Waals surface area contributed by atoms with Crippen LogP contribution in [0.3, 0.4) is 0 Å². The minimum absolute atomic E-state index is 0.0312. The SMILES string of the molecule is Nc1ccc(C(=O)N2CCC(Nc3ncc4ccccc4n3)C2)cc1. The number of benzene rings is 2. The Labute approximate surface area is 145 Å². The summed E-state index contributed by atoms with van der Waals surface area (Å²) in [4.78, 5) is 23.3.